The quantitative estimate of drug-likeness (QED) is 0.660. The highest BCUT2D eigenvalue weighted by Crippen LogP contribution is 2.17. The van der Waals surface area contributed by atoms with Gasteiger partial charge in [-0.25, -0.2) is 0 Å². The van der Waals surface area contributed by atoms with Crippen LogP contribution in [0.25, 0.3) is 11.4 Å². The van der Waals surface area contributed by atoms with Gasteiger partial charge in [-0.3, -0.25) is 9.59 Å². The van der Waals surface area contributed by atoms with Gasteiger partial charge in [0.25, 0.3) is 5.91 Å². The van der Waals surface area contributed by atoms with Gasteiger partial charge in [0, 0.05) is 62.9 Å². The summed E-state index contributed by atoms with van der Waals surface area (Å²) in [5.41, 5.74) is 2.48. The molecule has 1 aliphatic rings. The Morgan fingerprint density at radius 1 is 1.00 bits per heavy atom. The molecule has 0 unspecified atom stereocenters. The molecular weight excluding hydrogens is 394 g/mol. The van der Waals surface area contributed by atoms with Crippen LogP contribution in [-0.2, 0) is 4.79 Å². The third-order valence-electron chi connectivity index (χ3n) is 5.31. The highest BCUT2D eigenvalue weighted by Gasteiger charge is 2.21. The first-order chi connectivity index (χ1) is 15.1. The van der Waals surface area contributed by atoms with Gasteiger partial charge in [0.15, 0.2) is 0 Å². The summed E-state index contributed by atoms with van der Waals surface area (Å²) in [5.74, 6) is 0.832. The molecule has 0 bridgehead atoms. The summed E-state index contributed by atoms with van der Waals surface area (Å²) >= 11 is 0. The van der Waals surface area contributed by atoms with Gasteiger partial charge in [-0.05, 0) is 24.3 Å². The Bertz CT molecular complexity index is 1020. The number of aryl methyl sites for hydroxylation is 1. The largest absolute Gasteiger partial charge is 0.368 e. The van der Waals surface area contributed by atoms with Crippen LogP contribution in [0.1, 0.15) is 22.7 Å². The van der Waals surface area contributed by atoms with E-state index in [-0.39, 0.29) is 18.2 Å². The average molecular weight is 419 g/mol. The van der Waals surface area contributed by atoms with Crippen LogP contribution in [0, 0.1) is 6.92 Å². The summed E-state index contributed by atoms with van der Waals surface area (Å²) in [6.07, 6.45) is 0.289. The van der Waals surface area contributed by atoms with Crippen LogP contribution in [0.15, 0.2) is 59.1 Å². The van der Waals surface area contributed by atoms with E-state index in [1.165, 1.54) is 5.69 Å². The third kappa shape index (κ3) is 5.09. The summed E-state index contributed by atoms with van der Waals surface area (Å²) in [4.78, 5) is 33.2. The van der Waals surface area contributed by atoms with E-state index in [9.17, 15) is 9.59 Å². The van der Waals surface area contributed by atoms with Crippen molar-refractivity contribution in [3.8, 4) is 11.4 Å². The molecule has 4 rings (SSSR count). The van der Waals surface area contributed by atoms with E-state index in [1.54, 1.807) is 31.2 Å². The summed E-state index contributed by atoms with van der Waals surface area (Å²) in [6, 6.07) is 17.2. The lowest BCUT2D eigenvalue weighted by atomic mass is 10.1. The predicted octanol–water partition coefficient (Wildman–Crippen LogP) is 2.51. The number of benzene rings is 2. The molecule has 2 amide bonds. The van der Waals surface area contributed by atoms with Crippen LogP contribution in [0.3, 0.4) is 0 Å². The monoisotopic (exact) mass is 419 g/mol. The van der Waals surface area contributed by atoms with E-state index in [1.807, 2.05) is 23.1 Å². The molecule has 1 fully saturated rings. The number of piperazine rings is 1. The number of para-hydroxylation sites is 1. The van der Waals surface area contributed by atoms with Gasteiger partial charge in [-0.15, -0.1) is 0 Å². The van der Waals surface area contributed by atoms with Crippen molar-refractivity contribution in [2.75, 3.05) is 37.6 Å². The second kappa shape index (κ2) is 9.42. The number of hydrogen-bond acceptors (Lipinski definition) is 6. The number of carbonyl (C=O) groups is 2. The van der Waals surface area contributed by atoms with E-state index >= 15 is 0 Å². The molecule has 2 heterocycles. The molecule has 1 saturated heterocycles. The van der Waals surface area contributed by atoms with Crippen molar-refractivity contribution < 1.29 is 14.1 Å². The topological polar surface area (TPSA) is 91.6 Å². The normalized spacial score (nSPS) is 13.8. The Kier molecular flexibility index (Phi) is 6.26. The van der Waals surface area contributed by atoms with Crippen molar-refractivity contribution in [3.05, 3.63) is 66.1 Å². The summed E-state index contributed by atoms with van der Waals surface area (Å²) in [7, 11) is 0. The number of amides is 2. The lowest BCUT2D eigenvalue weighted by Crippen LogP contribution is -2.49. The van der Waals surface area contributed by atoms with Gasteiger partial charge in [-0.1, -0.05) is 35.5 Å². The zero-order valence-electron chi connectivity index (χ0n) is 17.5. The molecule has 0 radical (unpaired) electrons. The second-order valence-corrected chi connectivity index (χ2v) is 7.42. The first-order valence-corrected chi connectivity index (χ1v) is 10.4. The van der Waals surface area contributed by atoms with Crippen LogP contribution >= 0.6 is 0 Å². The fraction of sp³-hybridized carbons (Fsp3) is 0.304. The van der Waals surface area contributed by atoms with Crippen molar-refractivity contribution in [1.82, 2.24) is 20.4 Å². The Hall–Kier alpha value is -3.68. The van der Waals surface area contributed by atoms with E-state index in [2.05, 4.69) is 32.5 Å². The van der Waals surface area contributed by atoms with Crippen molar-refractivity contribution in [1.29, 1.82) is 0 Å². The average Bonchev–Trinajstić information content (AvgIpc) is 3.26. The van der Waals surface area contributed by atoms with Gasteiger partial charge in [0.2, 0.25) is 17.6 Å². The minimum atomic E-state index is -0.211. The van der Waals surface area contributed by atoms with Crippen molar-refractivity contribution in [2.45, 2.75) is 13.3 Å². The maximum atomic E-state index is 12.5. The predicted molar refractivity (Wildman–Crippen MR) is 117 cm³/mol. The number of nitrogens with zero attached hydrogens (tertiary/aromatic N) is 4. The standard InChI is InChI=1S/C23H25N5O3/c1-17-25-22(26-31-17)18-7-9-19(10-8-18)23(30)24-12-11-21(29)28-15-13-27(14-16-28)20-5-3-2-4-6-20/h2-10H,11-16H2,1H3,(H,24,30). The Morgan fingerprint density at radius 3 is 2.35 bits per heavy atom. The molecule has 0 spiro atoms. The van der Waals surface area contributed by atoms with Gasteiger partial charge in [0.1, 0.15) is 0 Å². The molecule has 31 heavy (non-hydrogen) atoms. The van der Waals surface area contributed by atoms with E-state index in [0.717, 1.165) is 18.7 Å². The summed E-state index contributed by atoms with van der Waals surface area (Å²) in [5, 5.41) is 6.68. The SMILES string of the molecule is Cc1nc(-c2ccc(C(=O)NCCC(=O)N3CCN(c4ccccc4)CC3)cc2)no1. The lowest BCUT2D eigenvalue weighted by Gasteiger charge is -2.36. The van der Waals surface area contributed by atoms with Gasteiger partial charge in [-0.2, -0.15) is 4.98 Å². The molecule has 0 aliphatic carbocycles. The summed E-state index contributed by atoms with van der Waals surface area (Å²) in [6.45, 7) is 5.05. The molecule has 1 aliphatic heterocycles. The maximum absolute atomic E-state index is 12.5. The van der Waals surface area contributed by atoms with Crippen LogP contribution < -0.4 is 10.2 Å². The Balaban J connectivity index is 1.21. The van der Waals surface area contributed by atoms with Crippen molar-refractivity contribution in [2.24, 2.45) is 0 Å². The lowest BCUT2D eigenvalue weighted by molar-refractivity contribution is -0.131. The van der Waals surface area contributed by atoms with Crippen LogP contribution in [0.4, 0.5) is 5.69 Å². The maximum Gasteiger partial charge on any atom is 0.251 e. The minimum Gasteiger partial charge on any atom is -0.368 e. The van der Waals surface area contributed by atoms with Crippen molar-refractivity contribution >= 4 is 17.5 Å². The fourth-order valence-corrected chi connectivity index (χ4v) is 3.58. The Labute approximate surface area is 180 Å². The zero-order valence-corrected chi connectivity index (χ0v) is 17.5. The minimum absolute atomic E-state index is 0.0656. The molecule has 3 aromatic rings. The highest BCUT2D eigenvalue weighted by atomic mass is 16.5. The van der Waals surface area contributed by atoms with Gasteiger partial charge < -0.3 is 19.6 Å². The van der Waals surface area contributed by atoms with Crippen LogP contribution in [0.2, 0.25) is 0 Å². The van der Waals surface area contributed by atoms with E-state index in [0.29, 0.717) is 36.9 Å². The molecule has 8 heteroatoms. The number of rotatable bonds is 6. The smallest absolute Gasteiger partial charge is 0.251 e. The van der Waals surface area contributed by atoms with Crippen molar-refractivity contribution in [3.63, 3.8) is 0 Å². The molecule has 160 valence electrons. The molecule has 0 atom stereocenters. The van der Waals surface area contributed by atoms with E-state index in [4.69, 9.17) is 4.52 Å². The Morgan fingerprint density at radius 2 is 1.71 bits per heavy atom. The number of nitrogens with one attached hydrogen (secondary N) is 1. The third-order valence-corrected chi connectivity index (χ3v) is 5.31. The summed E-state index contributed by atoms with van der Waals surface area (Å²) < 4.78 is 4.97. The molecular formula is C23H25N5O3. The molecule has 2 aromatic carbocycles. The molecule has 0 saturated carbocycles. The second-order valence-electron chi connectivity index (χ2n) is 7.42. The van der Waals surface area contributed by atoms with Gasteiger partial charge in [0.05, 0.1) is 0 Å². The van der Waals surface area contributed by atoms with E-state index < -0.39 is 0 Å². The highest BCUT2D eigenvalue weighted by molar-refractivity contribution is 5.94. The number of hydrogen-bond donors (Lipinski definition) is 1. The first-order valence-electron chi connectivity index (χ1n) is 10.4. The molecule has 1 N–H and O–H groups in total. The van der Waals surface area contributed by atoms with Crippen LogP contribution in [0.5, 0.6) is 0 Å². The first kappa shape index (κ1) is 20.6. The fourth-order valence-electron chi connectivity index (χ4n) is 3.58. The molecule has 1 aromatic heterocycles. The number of anilines is 1. The molecule has 8 nitrogen and oxygen atoms in total. The zero-order chi connectivity index (χ0) is 21.6. The number of carbonyl (C=O) groups excluding carboxylic acids is 2. The van der Waals surface area contributed by atoms with Crippen LogP contribution in [-0.4, -0.2) is 59.6 Å². The van der Waals surface area contributed by atoms with Gasteiger partial charge >= 0.3 is 0 Å². The number of aromatic nitrogens is 2.